The Morgan fingerprint density at radius 1 is 0.956 bits per heavy atom. The average molecular weight is 608 g/mol. The Kier molecular flexibility index (Phi) is 9.80. The van der Waals surface area contributed by atoms with Gasteiger partial charge in [-0.1, -0.05) is 66.7 Å². The summed E-state index contributed by atoms with van der Waals surface area (Å²) in [5, 5.41) is 24.2. The lowest BCUT2D eigenvalue weighted by Gasteiger charge is -2.33. The SMILES string of the molecule is CN(Cc1ccccc1B(O)O)c1ccc2c(C(=O)N3CCC(c4cccc(CNC(=O)OC(C)(C)C)c4)CC3)cccc2c1. The van der Waals surface area contributed by atoms with Crippen LogP contribution in [0.4, 0.5) is 10.5 Å². The third-order valence-electron chi connectivity index (χ3n) is 8.32. The minimum Gasteiger partial charge on any atom is -0.444 e. The second-order valence-electron chi connectivity index (χ2n) is 12.8. The maximum Gasteiger partial charge on any atom is 0.488 e. The van der Waals surface area contributed by atoms with Crippen molar-refractivity contribution < 1.29 is 24.4 Å². The van der Waals surface area contributed by atoms with Crippen molar-refractivity contribution in [3.63, 3.8) is 0 Å². The second-order valence-corrected chi connectivity index (χ2v) is 12.8. The molecule has 5 rings (SSSR count). The maximum absolute atomic E-state index is 13.7. The molecule has 1 fully saturated rings. The summed E-state index contributed by atoms with van der Waals surface area (Å²) >= 11 is 0. The lowest BCUT2D eigenvalue weighted by molar-refractivity contribution is 0.0523. The molecule has 9 heteroatoms. The van der Waals surface area contributed by atoms with E-state index in [2.05, 4.69) is 28.4 Å². The molecule has 1 aliphatic heterocycles. The molecule has 0 radical (unpaired) electrons. The van der Waals surface area contributed by atoms with Crippen molar-refractivity contribution in [1.29, 1.82) is 0 Å². The first-order chi connectivity index (χ1) is 21.5. The molecule has 1 aliphatic rings. The number of fused-ring (bicyclic) bond motifs is 1. The molecular weight excluding hydrogens is 565 g/mol. The normalized spacial score (nSPS) is 13.9. The van der Waals surface area contributed by atoms with Gasteiger partial charge in [-0.2, -0.15) is 0 Å². The molecule has 0 unspecified atom stereocenters. The third-order valence-corrected chi connectivity index (χ3v) is 8.32. The number of nitrogens with one attached hydrogen (secondary N) is 1. The fourth-order valence-corrected chi connectivity index (χ4v) is 6.00. The van der Waals surface area contributed by atoms with E-state index in [0.29, 0.717) is 43.1 Å². The van der Waals surface area contributed by atoms with Crippen LogP contribution in [0.2, 0.25) is 0 Å². The molecule has 0 atom stereocenters. The van der Waals surface area contributed by atoms with Crippen molar-refractivity contribution >= 4 is 41.0 Å². The number of hydrogen-bond acceptors (Lipinski definition) is 6. The Bertz CT molecular complexity index is 1660. The number of piperidine rings is 1. The number of amides is 2. The number of rotatable bonds is 8. The molecule has 0 aromatic heterocycles. The first-order valence-electron chi connectivity index (χ1n) is 15.5. The molecule has 3 N–H and O–H groups in total. The summed E-state index contributed by atoms with van der Waals surface area (Å²) in [5.41, 5.74) is 4.71. The maximum atomic E-state index is 13.7. The van der Waals surface area contributed by atoms with Crippen molar-refractivity contribution in [3.05, 3.63) is 107 Å². The van der Waals surface area contributed by atoms with Crippen LogP contribution in [0.25, 0.3) is 10.8 Å². The van der Waals surface area contributed by atoms with Crippen LogP contribution >= 0.6 is 0 Å². The van der Waals surface area contributed by atoms with E-state index in [1.807, 2.05) is 87.3 Å². The Labute approximate surface area is 265 Å². The highest BCUT2D eigenvalue weighted by atomic mass is 16.6. The topological polar surface area (TPSA) is 102 Å². The standard InChI is InChI=1S/C36H42BN3O5/c1-36(2,3)45-35(42)38-23-25-9-7-11-27(21-25)26-17-19-40(20-18-26)34(41)32-13-8-12-28-22-30(15-16-31(28)32)39(4)24-29-10-5-6-14-33(29)37(43)44/h5-16,21-22,26,43-44H,17-20,23-24H2,1-4H3,(H,38,42). The first-order valence-corrected chi connectivity index (χ1v) is 15.5. The summed E-state index contributed by atoms with van der Waals surface area (Å²) in [7, 11) is 0.441. The largest absolute Gasteiger partial charge is 0.488 e. The van der Waals surface area contributed by atoms with Crippen LogP contribution in [-0.4, -0.2) is 59.8 Å². The van der Waals surface area contributed by atoms with Gasteiger partial charge in [0.1, 0.15) is 5.60 Å². The average Bonchev–Trinajstić information content (AvgIpc) is 3.02. The van der Waals surface area contributed by atoms with Crippen LogP contribution in [0.1, 0.15) is 66.6 Å². The number of carbonyl (C=O) groups excluding carboxylic acids is 2. The Hall–Kier alpha value is -4.34. The van der Waals surface area contributed by atoms with Crippen molar-refractivity contribution in [2.75, 3.05) is 25.0 Å². The number of nitrogens with zero attached hydrogens (tertiary/aromatic N) is 2. The van der Waals surface area contributed by atoms with Gasteiger partial charge in [0.05, 0.1) is 0 Å². The minimum atomic E-state index is -1.52. The Morgan fingerprint density at radius 2 is 1.69 bits per heavy atom. The predicted molar refractivity (Wildman–Crippen MR) is 180 cm³/mol. The molecule has 45 heavy (non-hydrogen) atoms. The van der Waals surface area contributed by atoms with E-state index in [0.717, 1.165) is 40.4 Å². The molecule has 1 saturated heterocycles. The van der Waals surface area contributed by atoms with Gasteiger partial charge in [0.2, 0.25) is 0 Å². The molecule has 0 aliphatic carbocycles. The lowest BCUT2D eigenvalue weighted by Crippen LogP contribution is -2.38. The molecule has 234 valence electrons. The van der Waals surface area contributed by atoms with E-state index in [9.17, 15) is 19.6 Å². The van der Waals surface area contributed by atoms with Gasteiger partial charge in [0, 0.05) is 44.5 Å². The molecule has 0 spiro atoms. The molecule has 2 amide bonds. The zero-order valence-electron chi connectivity index (χ0n) is 26.5. The number of hydrogen-bond donors (Lipinski definition) is 3. The molecule has 4 aromatic carbocycles. The van der Waals surface area contributed by atoms with Gasteiger partial charge in [0.25, 0.3) is 5.91 Å². The van der Waals surface area contributed by atoms with Gasteiger partial charge in [-0.25, -0.2) is 4.79 Å². The summed E-state index contributed by atoms with van der Waals surface area (Å²) < 4.78 is 5.35. The van der Waals surface area contributed by atoms with Crippen LogP contribution in [-0.2, 0) is 17.8 Å². The van der Waals surface area contributed by atoms with Crippen molar-refractivity contribution in [2.45, 2.75) is 58.2 Å². The zero-order chi connectivity index (χ0) is 32.1. The van der Waals surface area contributed by atoms with E-state index >= 15 is 0 Å². The summed E-state index contributed by atoms with van der Waals surface area (Å²) in [5.74, 6) is 0.388. The van der Waals surface area contributed by atoms with Gasteiger partial charge in [-0.15, -0.1) is 0 Å². The van der Waals surface area contributed by atoms with Gasteiger partial charge < -0.3 is 29.9 Å². The predicted octanol–water partition coefficient (Wildman–Crippen LogP) is 5.20. The van der Waals surface area contributed by atoms with Crippen LogP contribution in [0.5, 0.6) is 0 Å². The van der Waals surface area contributed by atoms with E-state index in [4.69, 9.17) is 4.74 Å². The fourth-order valence-electron chi connectivity index (χ4n) is 6.00. The number of alkyl carbamates (subject to hydrolysis) is 1. The second kappa shape index (κ2) is 13.8. The number of anilines is 1. The van der Waals surface area contributed by atoms with Gasteiger partial charge in [0.15, 0.2) is 0 Å². The summed E-state index contributed by atoms with van der Waals surface area (Å²) in [6.45, 7) is 7.80. The zero-order valence-corrected chi connectivity index (χ0v) is 26.5. The highest BCUT2D eigenvalue weighted by molar-refractivity contribution is 6.59. The molecule has 8 nitrogen and oxygen atoms in total. The van der Waals surface area contributed by atoms with Gasteiger partial charge in [-0.05, 0) is 90.7 Å². The van der Waals surface area contributed by atoms with Crippen LogP contribution in [0.3, 0.4) is 0 Å². The highest BCUT2D eigenvalue weighted by Gasteiger charge is 2.26. The minimum absolute atomic E-state index is 0.0429. The molecule has 1 heterocycles. The van der Waals surface area contributed by atoms with E-state index in [1.54, 1.807) is 12.1 Å². The number of benzene rings is 4. The summed E-state index contributed by atoms with van der Waals surface area (Å²) in [6.07, 6.45) is 1.32. The highest BCUT2D eigenvalue weighted by Crippen LogP contribution is 2.31. The van der Waals surface area contributed by atoms with E-state index < -0.39 is 18.8 Å². The van der Waals surface area contributed by atoms with Crippen molar-refractivity contribution in [3.8, 4) is 0 Å². The van der Waals surface area contributed by atoms with E-state index in [-0.39, 0.29) is 5.91 Å². The van der Waals surface area contributed by atoms with Crippen molar-refractivity contribution in [2.24, 2.45) is 0 Å². The van der Waals surface area contributed by atoms with Crippen LogP contribution in [0, 0.1) is 0 Å². The summed E-state index contributed by atoms with van der Waals surface area (Å²) in [4.78, 5) is 29.8. The Morgan fingerprint density at radius 3 is 2.42 bits per heavy atom. The molecule has 0 bridgehead atoms. The molecular formula is C36H42BN3O5. The molecule has 4 aromatic rings. The van der Waals surface area contributed by atoms with Gasteiger partial charge >= 0.3 is 13.2 Å². The number of carbonyl (C=O) groups is 2. The van der Waals surface area contributed by atoms with Crippen LogP contribution < -0.4 is 15.7 Å². The van der Waals surface area contributed by atoms with Crippen molar-refractivity contribution in [1.82, 2.24) is 10.2 Å². The molecule has 0 saturated carbocycles. The quantitative estimate of drug-likeness (QED) is 0.238. The first kappa shape index (κ1) is 32.1. The Balaban J connectivity index is 1.22. The summed E-state index contributed by atoms with van der Waals surface area (Å²) in [6, 6.07) is 27.5. The fraction of sp³-hybridized carbons (Fsp3) is 0.333. The third kappa shape index (κ3) is 8.04. The number of likely N-dealkylation sites (tertiary alicyclic amines) is 1. The monoisotopic (exact) mass is 607 g/mol. The van der Waals surface area contributed by atoms with Gasteiger partial charge in [-0.3, -0.25) is 4.79 Å². The van der Waals surface area contributed by atoms with Crippen LogP contribution in [0.15, 0.2) is 84.9 Å². The lowest BCUT2D eigenvalue weighted by atomic mass is 9.77. The smallest absolute Gasteiger partial charge is 0.444 e. The van der Waals surface area contributed by atoms with E-state index in [1.165, 1.54) is 5.56 Å². The number of ether oxygens (including phenoxy) is 1.